The first-order valence-electron chi connectivity index (χ1n) is 11.1. The fourth-order valence-electron chi connectivity index (χ4n) is 4.88. The summed E-state index contributed by atoms with van der Waals surface area (Å²) in [7, 11) is 0. The van der Waals surface area contributed by atoms with Crippen molar-refractivity contribution in [1.82, 2.24) is 4.90 Å². The first kappa shape index (κ1) is 21.1. The van der Waals surface area contributed by atoms with Crippen LogP contribution in [0.2, 0.25) is 5.02 Å². The second-order valence-electron chi connectivity index (χ2n) is 9.28. The predicted octanol–water partition coefficient (Wildman–Crippen LogP) is 6.15. The number of hydrogen-bond acceptors (Lipinski definition) is 4. The normalized spacial score (nSPS) is 21.5. The van der Waals surface area contributed by atoms with Gasteiger partial charge in [-0.15, -0.1) is 0 Å². The molecule has 1 fully saturated rings. The molecule has 2 aliphatic heterocycles. The van der Waals surface area contributed by atoms with Gasteiger partial charge in [0.25, 0.3) is 5.91 Å². The third kappa shape index (κ3) is 3.39. The molecular formula is C26H26ClNO4. The summed E-state index contributed by atoms with van der Waals surface area (Å²) in [5.74, 6) is 1.34. The molecule has 0 spiro atoms. The molecular weight excluding hydrogens is 426 g/mol. The largest absolute Gasteiger partial charge is 0.482 e. The summed E-state index contributed by atoms with van der Waals surface area (Å²) in [5.41, 5.74) is 1.85. The second-order valence-corrected chi connectivity index (χ2v) is 9.72. The van der Waals surface area contributed by atoms with Crippen LogP contribution < -0.4 is 4.74 Å². The lowest BCUT2D eigenvalue weighted by Crippen LogP contribution is -2.38. The van der Waals surface area contributed by atoms with E-state index in [4.69, 9.17) is 20.8 Å². The molecule has 1 saturated heterocycles. The highest BCUT2D eigenvalue weighted by molar-refractivity contribution is 6.30. The molecule has 3 heterocycles. The van der Waals surface area contributed by atoms with E-state index in [-0.39, 0.29) is 18.1 Å². The Morgan fingerprint density at radius 2 is 1.81 bits per heavy atom. The van der Waals surface area contributed by atoms with Gasteiger partial charge in [0, 0.05) is 29.1 Å². The number of Topliss-reactive ketones (excluding diaryl/α,β-unsaturated/α-hetero) is 1. The summed E-state index contributed by atoms with van der Waals surface area (Å²) in [4.78, 5) is 28.4. The Morgan fingerprint density at radius 3 is 2.50 bits per heavy atom. The van der Waals surface area contributed by atoms with Crippen LogP contribution in [0.3, 0.4) is 0 Å². The van der Waals surface area contributed by atoms with Crippen molar-refractivity contribution >= 4 is 34.3 Å². The summed E-state index contributed by atoms with van der Waals surface area (Å²) < 4.78 is 12.4. The summed E-state index contributed by atoms with van der Waals surface area (Å²) >= 11 is 6.03. The fourth-order valence-corrected chi connectivity index (χ4v) is 5.01. The van der Waals surface area contributed by atoms with Gasteiger partial charge in [-0.05, 0) is 62.4 Å². The molecule has 0 unspecified atom stereocenters. The van der Waals surface area contributed by atoms with E-state index in [0.717, 1.165) is 31.5 Å². The Kier molecular flexibility index (Phi) is 5.05. The van der Waals surface area contributed by atoms with Gasteiger partial charge in [-0.1, -0.05) is 30.7 Å². The van der Waals surface area contributed by atoms with Crippen molar-refractivity contribution in [3.8, 4) is 5.75 Å². The van der Waals surface area contributed by atoms with Crippen LogP contribution in [0.25, 0.3) is 11.0 Å². The van der Waals surface area contributed by atoms with E-state index >= 15 is 0 Å². The summed E-state index contributed by atoms with van der Waals surface area (Å²) in [5, 5.41) is 1.32. The molecule has 0 N–H and O–H groups in total. The minimum atomic E-state index is -0.789. The van der Waals surface area contributed by atoms with Crippen molar-refractivity contribution < 1.29 is 18.7 Å². The van der Waals surface area contributed by atoms with Crippen molar-refractivity contribution in [2.45, 2.75) is 45.6 Å². The van der Waals surface area contributed by atoms with Gasteiger partial charge >= 0.3 is 0 Å². The molecule has 1 aromatic heterocycles. The van der Waals surface area contributed by atoms with E-state index < -0.39 is 5.60 Å². The number of fused-ring (bicyclic) bond motifs is 3. The van der Waals surface area contributed by atoms with E-state index in [9.17, 15) is 9.59 Å². The highest BCUT2D eigenvalue weighted by atomic mass is 35.5. The standard InChI is InChI=1S/C26H26ClNO4/c1-15-10-12-28(13-11-15)25(30)24-16(2)22-20(31-24)8-9-21-23(22)19(29)14-26(3,32-21)17-4-6-18(27)7-5-17/h4-9,15H,10-14H2,1-3H3/t26-/m0/s1. The first-order chi connectivity index (χ1) is 15.3. The lowest BCUT2D eigenvalue weighted by molar-refractivity contribution is 0.0507. The van der Waals surface area contributed by atoms with Crippen LogP contribution in [0.1, 0.15) is 65.1 Å². The fraction of sp³-hybridized carbons (Fsp3) is 0.385. The molecule has 3 aromatic rings. The maximum absolute atomic E-state index is 13.4. The number of aryl methyl sites for hydroxylation is 1. The number of halogens is 1. The maximum Gasteiger partial charge on any atom is 0.289 e. The van der Waals surface area contributed by atoms with Crippen molar-refractivity contribution in [2.24, 2.45) is 5.92 Å². The summed E-state index contributed by atoms with van der Waals surface area (Å²) in [6.45, 7) is 7.44. The lowest BCUT2D eigenvalue weighted by atomic mass is 9.84. The minimum Gasteiger partial charge on any atom is -0.482 e. The Balaban J connectivity index is 1.54. The highest BCUT2D eigenvalue weighted by Gasteiger charge is 2.40. The smallest absolute Gasteiger partial charge is 0.289 e. The van der Waals surface area contributed by atoms with Crippen LogP contribution in [-0.2, 0) is 5.60 Å². The number of carbonyl (C=O) groups is 2. The lowest BCUT2D eigenvalue weighted by Gasteiger charge is -2.35. The average molecular weight is 452 g/mol. The number of ether oxygens (including phenoxy) is 1. The quantitative estimate of drug-likeness (QED) is 0.469. The van der Waals surface area contributed by atoms with Gasteiger partial charge in [0.1, 0.15) is 16.9 Å². The molecule has 6 heteroatoms. The van der Waals surface area contributed by atoms with E-state index in [0.29, 0.717) is 44.5 Å². The van der Waals surface area contributed by atoms with Crippen molar-refractivity contribution in [3.63, 3.8) is 0 Å². The van der Waals surface area contributed by atoms with Gasteiger partial charge in [0.15, 0.2) is 11.5 Å². The number of amides is 1. The predicted molar refractivity (Wildman–Crippen MR) is 124 cm³/mol. The van der Waals surface area contributed by atoms with E-state index in [1.165, 1.54) is 0 Å². The number of ketones is 1. The number of hydrogen-bond donors (Lipinski definition) is 0. The van der Waals surface area contributed by atoms with Gasteiger partial charge < -0.3 is 14.1 Å². The zero-order valence-corrected chi connectivity index (χ0v) is 19.3. The Labute approximate surface area is 192 Å². The van der Waals surface area contributed by atoms with E-state index in [1.54, 1.807) is 24.3 Å². The molecule has 5 rings (SSSR count). The average Bonchev–Trinajstić information content (AvgIpc) is 3.10. The van der Waals surface area contributed by atoms with Crippen LogP contribution in [0, 0.1) is 12.8 Å². The third-order valence-electron chi connectivity index (χ3n) is 6.89. The number of carbonyl (C=O) groups excluding carboxylic acids is 2. The van der Waals surface area contributed by atoms with Crippen LogP contribution in [-0.4, -0.2) is 29.7 Å². The minimum absolute atomic E-state index is 0.0241. The molecule has 32 heavy (non-hydrogen) atoms. The molecule has 0 saturated carbocycles. The van der Waals surface area contributed by atoms with Crippen molar-refractivity contribution in [3.05, 3.63) is 63.9 Å². The van der Waals surface area contributed by atoms with Crippen LogP contribution in [0.5, 0.6) is 5.75 Å². The van der Waals surface area contributed by atoms with E-state index in [1.807, 2.05) is 30.9 Å². The summed E-state index contributed by atoms with van der Waals surface area (Å²) in [6, 6.07) is 10.9. The second kappa shape index (κ2) is 7.66. The molecule has 5 nitrogen and oxygen atoms in total. The number of furan rings is 1. The molecule has 166 valence electrons. The van der Waals surface area contributed by atoms with Crippen molar-refractivity contribution in [2.75, 3.05) is 13.1 Å². The molecule has 2 aliphatic rings. The molecule has 1 atom stereocenters. The monoisotopic (exact) mass is 451 g/mol. The Morgan fingerprint density at radius 1 is 1.12 bits per heavy atom. The number of piperidine rings is 1. The highest BCUT2D eigenvalue weighted by Crippen LogP contribution is 2.44. The molecule has 1 amide bonds. The molecule has 0 bridgehead atoms. The van der Waals surface area contributed by atoms with E-state index in [2.05, 4.69) is 6.92 Å². The summed E-state index contributed by atoms with van der Waals surface area (Å²) in [6.07, 6.45) is 2.19. The molecule has 0 radical (unpaired) electrons. The number of nitrogens with zero attached hydrogens (tertiary/aromatic N) is 1. The van der Waals surface area contributed by atoms with Crippen LogP contribution in [0.15, 0.2) is 40.8 Å². The van der Waals surface area contributed by atoms with Gasteiger partial charge in [-0.2, -0.15) is 0 Å². The SMILES string of the molecule is Cc1c(C(=O)N2CCC(C)CC2)oc2ccc3c(c12)C(=O)C[C@@](C)(c1ccc(Cl)cc1)O3. The van der Waals surface area contributed by atoms with Crippen LogP contribution >= 0.6 is 11.6 Å². The number of rotatable bonds is 2. The first-order valence-corrected chi connectivity index (χ1v) is 11.5. The zero-order chi connectivity index (χ0) is 22.6. The Bertz CT molecular complexity index is 1220. The number of benzene rings is 2. The molecule has 0 aliphatic carbocycles. The molecule has 2 aromatic carbocycles. The third-order valence-corrected chi connectivity index (χ3v) is 7.14. The topological polar surface area (TPSA) is 59.8 Å². The van der Waals surface area contributed by atoms with Gasteiger partial charge in [-0.3, -0.25) is 9.59 Å². The van der Waals surface area contributed by atoms with Gasteiger partial charge in [0.2, 0.25) is 0 Å². The van der Waals surface area contributed by atoms with Crippen molar-refractivity contribution in [1.29, 1.82) is 0 Å². The van der Waals surface area contributed by atoms with Gasteiger partial charge in [0.05, 0.1) is 12.0 Å². The van der Waals surface area contributed by atoms with Gasteiger partial charge in [-0.25, -0.2) is 0 Å². The maximum atomic E-state index is 13.4. The zero-order valence-electron chi connectivity index (χ0n) is 18.5. The number of likely N-dealkylation sites (tertiary alicyclic amines) is 1. The van der Waals surface area contributed by atoms with Crippen LogP contribution in [0.4, 0.5) is 0 Å². The Hall–Kier alpha value is -2.79.